The Balaban J connectivity index is 2.19. The first-order valence-corrected chi connectivity index (χ1v) is 7.05. The van der Waals surface area contributed by atoms with E-state index in [1.165, 1.54) is 22.4 Å². The number of H-pyrrole nitrogens is 1. The van der Waals surface area contributed by atoms with Crippen LogP contribution in [0.4, 0.5) is 0 Å². The van der Waals surface area contributed by atoms with Gasteiger partial charge in [0.2, 0.25) is 10.0 Å². The molecule has 0 aliphatic rings. The van der Waals surface area contributed by atoms with Crippen molar-refractivity contribution in [3.05, 3.63) is 22.9 Å². The molecule has 1 N–H and O–H groups in total. The largest absolute Gasteiger partial charge is 0.311 e. The third kappa shape index (κ3) is 2.57. The van der Waals surface area contributed by atoms with Crippen LogP contribution < -0.4 is 5.56 Å². The lowest BCUT2D eigenvalue weighted by Gasteiger charge is -2.13. The number of aromatic amines is 1. The molecule has 2 aromatic rings. The third-order valence-corrected chi connectivity index (χ3v) is 3.88. The van der Waals surface area contributed by atoms with Crippen LogP contribution in [0.3, 0.4) is 0 Å². The van der Waals surface area contributed by atoms with Crippen LogP contribution in [0.15, 0.2) is 17.3 Å². The van der Waals surface area contributed by atoms with E-state index in [-0.39, 0.29) is 17.6 Å². The van der Waals surface area contributed by atoms with Crippen LogP contribution in [0.1, 0.15) is 0 Å². The van der Waals surface area contributed by atoms with Gasteiger partial charge in [0.1, 0.15) is 5.52 Å². The number of nitrogens with one attached hydrogen (secondary N) is 1. The van der Waals surface area contributed by atoms with Gasteiger partial charge in [0.15, 0.2) is 5.52 Å². The second-order valence-electron chi connectivity index (χ2n) is 3.94. The molecule has 0 saturated heterocycles. The van der Waals surface area contributed by atoms with E-state index in [9.17, 15) is 13.2 Å². The predicted octanol–water partition coefficient (Wildman–Crippen LogP) is -0.989. The lowest BCUT2D eigenvalue weighted by Crippen LogP contribution is -2.29. The van der Waals surface area contributed by atoms with Crippen molar-refractivity contribution in [3.8, 4) is 0 Å². The van der Waals surface area contributed by atoms with Crippen molar-refractivity contribution in [1.29, 1.82) is 0 Å². The van der Waals surface area contributed by atoms with E-state index in [0.29, 0.717) is 12.1 Å². The molecule has 0 bridgehead atoms. The average Bonchev–Trinajstić information content (AvgIpc) is 2.69. The minimum absolute atomic E-state index is 0.250. The molecule has 98 valence electrons. The quantitative estimate of drug-likeness (QED) is 0.769. The van der Waals surface area contributed by atoms with Gasteiger partial charge in [0, 0.05) is 13.6 Å². The van der Waals surface area contributed by atoms with E-state index in [0.717, 1.165) is 6.26 Å². The Morgan fingerprint density at radius 3 is 2.83 bits per heavy atom. The molecule has 18 heavy (non-hydrogen) atoms. The minimum atomic E-state index is -3.20. The predicted molar refractivity (Wildman–Crippen MR) is 65.6 cm³/mol. The minimum Gasteiger partial charge on any atom is -0.311 e. The molecule has 2 aromatic heterocycles. The van der Waals surface area contributed by atoms with Gasteiger partial charge in [-0.15, -0.1) is 0 Å². The summed E-state index contributed by atoms with van der Waals surface area (Å²) in [5.74, 6) is 0. The Hall–Kier alpha value is -1.74. The van der Waals surface area contributed by atoms with E-state index in [2.05, 4.69) is 15.1 Å². The highest BCUT2D eigenvalue weighted by Gasteiger charge is 2.11. The number of likely N-dealkylation sites (N-methyl/N-ethyl adjacent to an activating group) is 1. The van der Waals surface area contributed by atoms with Gasteiger partial charge in [-0.05, 0) is 0 Å². The zero-order chi connectivity index (χ0) is 13.3. The van der Waals surface area contributed by atoms with Crippen LogP contribution in [0, 0.1) is 0 Å². The lowest BCUT2D eigenvalue weighted by atomic mass is 10.5. The Kier molecular flexibility index (Phi) is 3.18. The number of nitrogens with zero attached hydrogens (tertiary/aromatic N) is 4. The monoisotopic (exact) mass is 271 g/mol. The van der Waals surface area contributed by atoms with Gasteiger partial charge in [-0.25, -0.2) is 17.7 Å². The maximum atomic E-state index is 11.4. The number of rotatable bonds is 4. The van der Waals surface area contributed by atoms with E-state index in [1.807, 2.05) is 0 Å². The smallest absolute Gasteiger partial charge is 0.279 e. The number of hydrogen-bond acceptors (Lipinski definition) is 5. The van der Waals surface area contributed by atoms with Crippen molar-refractivity contribution in [2.45, 2.75) is 6.54 Å². The second-order valence-corrected chi connectivity index (χ2v) is 6.03. The van der Waals surface area contributed by atoms with Crippen molar-refractivity contribution in [2.75, 3.05) is 19.8 Å². The fourth-order valence-corrected chi connectivity index (χ4v) is 1.83. The van der Waals surface area contributed by atoms with Crippen molar-refractivity contribution in [2.24, 2.45) is 0 Å². The summed E-state index contributed by atoms with van der Waals surface area (Å²) in [6.07, 6.45) is 4.05. The first-order chi connectivity index (χ1) is 8.38. The van der Waals surface area contributed by atoms with Crippen molar-refractivity contribution in [3.63, 3.8) is 0 Å². The van der Waals surface area contributed by atoms with Crippen molar-refractivity contribution in [1.82, 2.24) is 24.1 Å². The topological polar surface area (TPSA) is 101 Å². The molecular formula is C9H13N5O3S. The van der Waals surface area contributed by atoms with Crippen molar-refractivity contribution >= 4 is 21.1 Å². The van der Waals surface area contributed by atoms with E-state index < -0.39 is 10.0 Å². The molecule has 0 saturated carbocycles. The normalized spacial score (nSPS) is 12.4. The molecule has 9 heteroatoms. The van der Waals surface area contributed by atoms with Crippen molar-refractivity contribution < 1.29 is 8.42 Å². The molecule has 0 aliphatic heterocycles. The standard InChI is InChI=1S/C9H13N5O3S/c1-13(18(2,16)17)3-4-14-5-7-8(12-14)9(15)11-6-10-7/h5-6H,3-4H2,1-2H3,(H,10,11,15). The fraction of sp³-hybridized carbons (Fsp3) is 0.444. The Labute approximate surface area is 103 Å². The van der Waals surface area contributed by atoms with E-state index >= 15 is 0 Å². The highest BCUT2D eigenvalue weighted by Crippen LogP contribution is 2.03. The Bertz CT molecular complexity index is 717. The Morgan fingerprint density at radius 2 is 2.22 bits per heavy atom. The number of fused-ring (bicyclic) bond motifs is 1. The van der Waals surface area contributed by atoms with Crippen LogP contribution in [-0.2, 0) is 16.6 Å². The van der Waals surface area contributed by atoms with E-state index in [4.69, 9.17) is 0 Å². The molecule has 0 atom stereocenters. The third-order valence-electron chi connectivity index (χ3n) is 2.57. The van der Waals surface area contributed by atoms with Gasteiger partial charge in [-0.1, -0.05) is 0 Å². The fourth-order valence-electron chi connectivity index (χ4n) is 1.42. The summed E-state index contributed by atoms with van der Waals surface area (Å²) in [7, 11) is -1.71. The average molecular weight is 271 g/mol. The zero-order valence-corrected chi connectivity index (χ0v) is 10.8. The summed E-state index contributed by atoms with van der Waals surface area (Å²) in [5.41, 5.74) is 0.426. The number of sulfonamides is 1. The molecule has 2 heterocycles. The van der Waals surface area contributed by atoms with Crippen LogP contribution in [0.2, 0.25) is 0 Å². The van der Waals surface area contributed by atoms with Crippen LogP contribution in [0.5, 0.6) is 0 Å². The summed E-state index contributed by atoms with van der Waals surface area (Å²) >= 11 is 0. The molecule has 2 rings (SSSR count). The van der Waals surface area contributed by atoms with Gasteiger partial charge in [0.05, 0.1) is 25.3 Å². The van der Waals surface area contributed by atoms with Crippen LogP contribution >= 0.6 is 0 Å². The van der Waals surface area contributed by atoms with Crippen LogP contribution in [0.25, 0.3) is 11.0 Å². The van der Waals surface area contributed by atoms with Gasteiger partial charge in [-0.2, -0.15) is 5.10 Å². The molecule has 0 radical (unpaired) electrons. The number of aromatic nitrogens is 4. The second kappa shape index (κ2) is 4.50. The molecule has 0 amide bonds. The molecular weight excluding hydrogens is 258 g/mol. The molecule has 0 fully saturated rings. The maximum absolute atomic E-state index is 11.4. The summed E-state index contributed by atoms with van der Waals surface area (Å²) in [6.45, 7) is 0.643. The molecule has 0 unspecified atom stereocenters. The molecule has 8 nitrogen and oxygen atoms in total. The number of hydrogen-bond donors (Lipinski definition) is 1. The highest BCUT2D eigenvalue weighted by molar-refractivity contribution is 7.88. The zero-order valence-electron chi connectivity index (χ0n) is 9.99. The van der Waals surface area contributed by atoms with Crippen LogP contribution in [-0.4, -0.2) is 52.3 Å². The molecule has 0 aromatic carbocycles. The molecule has 0 spiro atoms. The SMILES string of the molecule is CN(CCn1cc2nc[nH]c(=O)c2n1)S(C)(=O)=O. The van der Waals surface area contributed by atoms with Gasteiger partial charge in [0.25, 0.3) is 5.56 Å². The van der Waals surface area contributed by atoms with Gasteiger partial charge < -0.3 is 4.98 Å². The maximum Gasteiger partial charge on any atom is 0.279 e. The summed E-state index contributed by atoms with van der Waals surface area (Å²) in [4.78, 5) is 17.8. The highest BCUT2D eigenvalue weighted by atomic mass is 32.2. The molecule has 0 aliphatic carbocycles. The summed E-state index contributed by atoms with van der Waals surface area (Å²) in [6, 6.07) is 0. The first-order valence-electron chi connectivity index (χ1n) is 5.20. The van der Waals surface area contributed by atoms with E-state index in [1.54, 1.807) is 6.20 Å². The Morgan fingerprint density at radius 1 is 1.50 bits per heavy atom. The first kappa shape index (κ1) is 12.7. The summed E-state index contributed by atoms with van der Waals surface area (Å²) < 4.78 is 25.1. The van der Waals surface area contributed by atoms with Gasteiger partial charge in [-0.3, -0.25) is 9.48 Å². The lowest BCUT2D eigenvalue weighted by molar-refractivity contribution is 0.437. The van der Waals surface area contributed by atoms with Gasteiger partial charge >= 0.3 is 0 Å². The summed E-state index contributed by atoms with van der Waals surface area (Å²) in [5, 5.41) is 4.06.